The van der Waals surface area contributed by atoms with Crippen molar-refractivity contribution in [1.82, 2.24) is 14.6 Å². The molecule has 2 rings (SSSR count). The van der Waals surface area contributed by atoms with E-state index in [9.17, 15) is 12.8 Å². The number of halogens is 1. The van der Waals surface area contributed by atoms with Crippen molar-refractivity contribution < 1.29 is 12.8 Å². The number of piperidine rings is 1. The molecule has 0 atom stereocenters. The lowest BCUT2D eigenvalue weighted by Gasteiger charge is -2.37. The van der Waals surface area contributed by atoms with Gasteiger partial charge in [0.2, 0.25) is 5.03 Å². The number of sulfonamides is 1. The summed E-state index contributed by atoms with van der Waals surface area (Å²) in [6.45, 7) is 4.24. The minimum absolute atomic E-state index is 0.0924. The van der Waals surface area contributed by atoms with Gasteiger partial charge in [-0.05, 0) is 50.5 Å². The first kappa shape index (κ1) is 15.3. The third-order valence-electron chi connectivity index (χ3n) is 3.86. The number of likely N-dealkylation sites (tertiary alicyclic amines) is 1. The molecule has 2 heterocycles. The molecular formula is C13H20FN3O2S. The average Bonchev–Trinajstić information content (AvgIpc) is 2.41. The molecule has 0 spiro atoms. The van der Waals surface area contributed by atoms with Gasteiger partial charge in [-0.3, -0.25) is 0 Å². The van der Waals surface area contributed by atoms with Gasteiger partial charge in [0.15, 0.2) is 5.82 Å². The number of nitrogens with zero attached hydrogens (tertiary/aromatic N) is 2. The van der Waals surface area contributed by atoms with Gasteiger partial charge in [-0.1, -0.05) is 6.92 Å². The molecule has 1 aliphatic rings. The number of hydrogen-bond acceptors (Lipinski definition) is 4. The Balaban J connectivity index is 2.05. The summed E-state index contributed by atoms with van der Waals surface area (Å²) < 4.78 is 40.2. The first-order chi connectivity index (χ1) is 9.32. The van der Waals surface area contributed by atoms with Crippen LogP contribution in [0.2, 0.25) is 0 Å². The van der Waals surface area contributed by atoms with Crippen molar-refractivity contribution in [3.05, 3.63) is 24.1 Å². The van der Waals surface area contributed by atoms with Crippen LogP contribution in [-0.4, -0.2) is 45.0 Å². The molecule has 0 unspecified atom stereocenters. The topological polar surface area (TPSA) is 62.3 Å². The minimum atomic E-state index is -3.89. The van der Waals surface area contributed by atoms with E-state index in [2.05, 4.69) is 21.5 Å². The first-order valence-corrected chi connectivity index (χ1v) is 8.09. The molecule has 1 aromatic heterocycles. The Morgan fingerprint density at radius 3 is 2.70 bits per heavy atom. The van der Waals surface area contributed by atoms with Crippen molar-refractivity contribution in [2.45, 2.75) is 24.8 Å². The van der Waals surface area contributed by atoms with Crippen LogP contribution < -0.4 is 4.72 Å². The van der Waals surface area contributed by atoms with Crippen molar-refractivity contribution >= 4 is 10.0 Å². The fraction of sp³-hybridized carbons (Fsp3) is 0.615. The highest BCUT2D eigenvalue weighted by Crippen LogP contribution is 2.29. The largest absolute Gasteiger partial charge is 0.306 e. The minimum Gasteiger partial charge on any atom is -0.306 e. The number of pyridine rings is 1. The van der Waals surface area contributed by atoms with E-state index >= 15 is 0 Å². The molecule has 20 heavy (non-hydrogen) atoms. The van der Waals surface area contributed by atoms with E-state index in [0.29, 0.717) is 6.54 Å². The summed E-state index contributed by atoms with van der Waals surface area (Å²) in [6, 6.07) is 2.46. The van der Waals surface area contributed by atoms with E-state index in [1.807, 2.05) is 7.05 Å². The number of hydrogen-bond donors (Lipinski definition) is 1. The molecule has 1 N–H and O–H groups in total. The maximum absolute atomic E-state index is 13.5. The zero-order valence-corrected chi connectivity index (χ0v) is 12.6. The molecule has 1 fully saturated rings. The van der Waals surface area contributed by atoms with Crippen LogP contribution in [0.25, 0.3) is 0 Å². The summed E-state index contributed by atoms with van der Waals surface area (Å²) in [5, 5.41) is -0.531. The maximum Gasteiger partial charge on any atom is 0.261 e. The van der Waals surface area contributed by atoms with Gasteiger partial charge in [-0.15, -0.1) is 0 Å². The van der Waals surface area contributed by atoms with Gasteiger partial charge < -0.3 is 4.90 Å². The smallest absolute Gasteiger partial charge is 0.261 e. The summed E-state index contributed by atoms with van der Waals surface area (Å²) in [5.74, 6) is -0.825. The van der Waals surface area contributed by atoms with E-state index in [-0.39, 0.29) is 5.41 Å². The summed E-state index contributed by atoms with van der Waals surface area (Å²) in [6.07, 6.45) is 3.10. The molecule has 0 aliphatic carbocycles. The van der Waals surface area contributed by atoms with Crippen molar-refractivity contribution in [2.24, 2.45) is 5.41 Å². The van der Waals surface area contributed by atoms with E-state index in [4.69, 9.17) is 0 Å². The predicted molar refractivity (Wildman–Crippen MR) is 74.2 cm³/mol. The Labute approximate surface area is 119 Å². The molecule has 1 aromatic rings. The second-order valence-electron chi connectivity index (χ2n) is 5.73. The third kappa shape index (κ3) is 3.53. The fourth-order valence-corrected chi connectivity index (χ4v) is 3.44. The summed E-state index contributed by atoms with van der Waals surface area (Å²) in [7, 11) is -1.84. The van der Waals surface area contributed by atoms with Crippen LogP contribution in [-0.2, 0) is 10.0 Å². The van der Waals surface area contributed by atoms with Crippen LogP contribution in [0, 0.1) is 11.2 Å². The lowest BCUT2D eigenvalue weighted by Crippen LogP contribution is -2.43. The standard InChI is InChI=1S/C13H20FN3O2S/c1-13(5-8-17(2)9-6-13)10-16-20(18,19)12-11(14)4-3-7-15-12/h3-4,7,16H,5-6,8-10H2,1-2H3. The molecule has 0 radical (unpaired) electrons. The van der Waals surface area contributed by atoms with Crippen LogP contribution in [0.3, 0.4) is 0 Å². The Morgan fingerprint density at radius 1 is 1.45 bits per heavy atom. The van der Waals surface area contributed by atoms with Gasteiger partial charge in [-0.2, -0.15) is 0 Å². The summed E-state index contributed by atoms with van der Waals surface area (Å²) in [5.41, 5.74) is -0.0924. The van der Waals surface area contributed by atoms with Gasteiger partial charge in [-0.25, -0.2) is 22.5 Å². The highest BCUT2D eigenvalue weighted by atomic mass is 32.2. The molecular weight excluding hydrogens is 281 g/mol. The van der Waals surface area contributed by atoms with Crippen LogP contribution >= 0.6 is 0 Å². The monoisotopic (exact) mass is 301 g/mol. The Morgan fingerprint density at radius 2 is 2.10 bits per heavy atom. The molecule has 0 bridgehead atoms. The molecule has 1 aliphatic heterocycles. The Kier molecular flexibility index (Phi) is 4.41. The van der Waals surface area contributed by atoms with Gasteiger partial charge >= 0.3 is 0 Å². The highest BCUT2D eigenvalue weighted by molar-refractivity contribution is 7.89. The Bertz CT molecular complexity index is 569. The van der Waals surface area contributed by atoms with Gasteiger partial charge in [0, 0.05) is 12.7 Å². The second kappa shape index (κ2) is 5.75. The molecule has 0 saturated carbocycles. The van der Waals surface area contributed by atoms with Crippen LogP contribution in [0.4, 0.5) is 4.39 Å². The van der Waals surface area contributed by atoms with Crippen molar-refractivity contribution in [1.29, 1.82) is 0 Å². The number of nitrogens with one attached hydrogen (secondary N) is 1. The fourth-order valence-electron chi connectivity index (χ4n) is 2.24. The molecule has 0 aromatic carbocycles. The third-order valence-corrected chi connectivity index (χ3v) is 5.20. The maximum atomic E-state index is 13.5. The van der Waals surface area contributed by atoms with Crippen molar-refractivity contribution in [3.8, 4) is 0 Å². The van der Waals surface area contributed by atoms with E-state index in [1.54, 1.807) is 0 Å². The summed E-state index contributed by atoms with van der Waals surface area (Å²) in [4.78, 5) is 5.83. The zero-order chi connectivity index (χ0) is 14.8. The van der Waals surface area contributed by atoms with E-state index in [1.165, 1.54) is 12.3 Å². The summed E-state index contributed by atoms with van der Waals surface area (Å²) >= 11 is 0. The highest BCUT2D eigenvalue weighted by Gasteiger charge is 2.31. The van der Waals surface area contributed by atoms with E-state index in [0.717, 1.165) is 32.0 Å². The number of rotatable bonds is 4. The van der Waals surface area contributed by atoms with Gasteiger partial charge in [0.1, 0.15) is 0 Å². The molecule has 7 heteroatoms. The zero-order valence-electron chi connectivity index (χ0n) is 11.8. The normalized spacial score (nSPS) is 19.9. The predicted octanol–water partition coefficient (Wildman–Crippen LogP) is 1.23. The van der Waals surface area contributed by atoms with E-state index < -0.39 is 20.9 Å². The molecule has 0 amide bonds. The number of aromatic nitrogens is 1. The first-order valence-electron chi connectivity index (χ1n) is 6.61. The SMILES string of the molecule is CN1CCC(C)(CNS(=O)(=O)c2ncccc2F)CC1. The molecule has 112 valence electrons. The average molecular weight is 301 g/mol. The lowest BCUT2D eigenvalue weighted by molar-refractivity contribution is 0.143. The Hall–Kier alpha value is -1.05. The second-order valence-corrected chi connectivity index (χ2v) is 7.41. The van der Waals surface area contributed by atoms with Crippen LogP contribution in [0.15, 0.2) is 23.4 Å². The molecule has 5 nitrogen and oxygen atoms in total. The van der Waals surface area contributed by atoms with Gasteiger partial charge in [0.25, 0.3) is 10.0 Å². The van der Waals surface area contributed by atoms with Crippen molar-refractivity contribution in [2.75, 3.05) is 26.7 Å². The lowest BCUT2D eigenvalue weighted by atomic mass is 9.81. The van der Waals surface area contributed by atoms with Crippen LogP contribution in [0.5, 0.6) is 0 Å². The van der Waals surface area contributed by atoms with Crippen LogP contribution in [0.1, 0.15) is 19.8 Å². The quantitative estimate of drug-likeness (QED) is 0.908. The van der Waals surface area contributed by atoms with Gasteiger partial charge in [0.05, 0.1) is 0 Å². The molecule has 1 saturated heterocycles. The van der Waals surface area contributed by atoms with Crippen molar-refractivity contribution in [3.63, 3.8) is 0 Å².